The zero-order valence-corrected chi connectivity index (χ0v) is 19.5. The highest BCUT2D eigenvalue weighted by Gasteiger charge is 2.16. The molecule has 2 aromatic carbocycles. The maximum atomic E-state index is 11.3. The minimum atomic E-state index is -0.312. The van der Waals surface area contributed by atoms with Gasteiger partial charge in [-0.05, 0) is 61.7 Å². The number of benzene rings is 2. The Hall–Kier alpha value is -3.41. The van der Waals surface area contributed by atoms with Crippen LogP contribution in [0.15, 0.2) is 48.8 Å². The van der Waals surface area contributed by atoms with Crippen molar-refractivity contribution in [2.45, 2.75) is 47.1 Å². The third-order valence-electron chi connectivity index (χ3n) is 5.37. The van der Waals surface area contributed by atoms with Gasteiger partial charge in [0.1, 0.15) is 23.6 Å². The van der Waals surface area contributed by atoms with Crippen molar-refractivity contribution in [1.29, 1.82) is 0 Å². The fraction of sp³-hybridized carbons (Fsp3) is 0.346. The van der Waals surface area contributed by atoms with Gasteiger partial charge in [0, 0.05) is 31.1 Å². The lowest BCUT2D eigenvalue weighted by Crippen LogP contribution is -2.26. The van der Waals surface area contributed by atoms with Gasteiger partial charge in [-0.25, -0.2) is 9.97 Å². The quantitative estimate of drug-likeness (QED) is 0.328. The second-order valence-corrected chi connectivity index (χ2v) is 7.87. The lowest BCUT2D eigenvalue weighted by molar-refractivity contribution is -0.131. The van der Waals surface area contributed by atoms with E-state index in [0.29, 0.717) is 12.3 Å². The molecule has 3 aromatic rings. The number of nitrogens with zero attached hydrogens (tertiary/aromatic N) is 3. The molecule has 32 heavy (non-hydrogen) atoms. The van der Waals surface area contributed by atoms with Crippen LogP contribution in [0.25, 0.3) is 11.3 Å². The first-order chi connectivity index (χ1) is 15.4. The Bertz CT molecular complexity index is 1060. The molecule has 1 heterocycles. The van der Waals surface area contributed by atoms with Crippen molar-refractivity contribution in [3.05, 3.63) is 65.5 Å². The number of hydrogen-bond acceptors (Lipinski definition) is 6. The fourth-order valence-electron chi connectivity index (χ4n) is 3.71. The summed E-state index contributed by atoms with van der Waals surface area (Å²) in [6.45, 7) is 9.23. The molecule has 0 N–H and O–H groups in total. The van der Waals surface area contributed by atoms with E-state index in [9.17, 15) is 4.79 Å². The summed E-state index contributed by atoms with van der Waals surface area (Å²) in [6, 6.07) is 13.9. The first-order valence-electron chi connectivity index (χ1n) is 10.9. The van der Waals surface area contributed by atoms with Gasteiger partial charge < -0.3 is 14.4 Å². The second kappa shape index (κ2) is 10.8. The number of aromatic nitrogens is 2. The number of carbonyl (C=O) groups is 1. The highest BCUT2D eigenvalue weighted by Crippen LogP contribution is 2.30. The SMILES string of the molecule is CCCCN(Cc1ccc(OC(C)=O)c(C)c1)c1ncnc(-c2ccc(OC)cc2)c1C. The molecule has 0 fully saturated rings. The molecular formula is C26H31N3O3. The molecule has 6 heteroatoms. The van der Waals surface area contributed by atoms with Gasteiger partial charge in [0.2, 0.25) is 0 Å². The fourth-order valence-corrected chi connectivity index (χ4v) is 3.71. The van der Waals surface area contributed by atoms with Crippen LogP contribution < -0.4 is 14.4 Å². The van der Waals surface area contributed by atoms with Crippen LogP contribution >= 0.6 is 0 Å². The summed E-state index contributed by atoms with van der Waals surface area (Å²) in [7, 11) is 1.66. The molecular weight excluding hydrogens is 402 g/mol. The van der Waals surface area contributed by atoms with Gasteiger partial charge in [-0.3, -0.25) is 4.79 Å². The summed E-state index contributed by atoms with van der Waals surface area (Å²) in [5, 5.41) is 0. The molecule has 0 spiro atoms. The minimum absolute atomic E-state index is 0.312. The molecule has 0 amide bonds. The van der Waals surface area contributed by atoms with Crippen molar-refractivity contribution in [1.82, 2.24) is 9.97 Å². The van der Waals surface area contributed by atoms with E-state index in [2.05, 4.69) is 34.8 Å². The van der Waals surface area contributed by atoms with Crippen LogP contribution in [0.4, 0.5) is 5.82 Å². The number of unbranched alkanes of at least 4 members (excludes halogenated alkanes) is 1. The van der Waals surface area contributed by atoms with Crippen LogP contribution in [0.3, 0.4) is 0 Å². The number of ether oxygens (including phenoxy) is 2. The first kappa shape index (κ1) is 23.3. The van der Waals surface area contributed by atoms with Crippen molar-refractivity contribution in [3.63, 3.8) is 0 Å². The van der Waals surface area contributed by atoms with E-state index in [4.69, 9.17) is 9.47 Å². The van der Waals surface area contributed by atoms with Crippen LogP contribution in [0, 0.1) is 13.8 Å². The third kappa shape index (κ3) is 5.63. The molecule has 0 saturated carbocycles. The Morgan fingerprint density at radius 2 is 1.81 bits per heavy atom. The monoisotopic (exact) mass is 433 g/mol. The summed E-state index contributed by atoms with van der Waals surface area (Å²) in [6.07, 6.45) is 3.79. The maximum absolute atomic E-state index is 11.3. The van der Waals surface area contributed by atoms with E-state index in [1.165, 1.54) is 6.92 Å². The van der Waals surface area contributed by atoms with E-state index in [1.807, 2.05) is 43.3 Å². The number of hydrogen-bond donors (Lipinski definition) is 0. The van der Waals surface area contributed by atoms with E-state index in [-0.39, 0.29) is 5.97 Å². The van der Waals surface area contributed by atoms with Crippen LogP contribution in [-0.4, -0.2) is 29.6 Å². The van der Waals surface area contributed by atoms with Crippen LogP contribution in [0.5, 0.6) is 11.5 Å². The summed E-state index contributed by atoms with van der Waals surface area (Å²) < 4.78 is 10.6. The Labute approximate surface area is 190 Å². The van der Waals surface area contributed by atoms with Crippen LogP contribution in [0.1, 0.15) is 43.4 Å². The number of methoxy groups -OCH3 is 1. The standard InChI is InChI=1S/C26H31N3O3/c1-6-7-14-29(16-21-8-13-24(18(2)15-21)32-20(4)30)26-19(3)25(27-17-28-26)22-9-11-23(31-5)12-10-22/h8-13,15,17H,6-7,14,16H2,1-5H3. The average molecular weight is 434 g/mol. The highest BCUT2D eigenvalue weighted by atomic mass is 16.5. The summed E-state index contributed by atoms with van der Waals surface area (Å²) in [5.41, 5.74) is 5.07. The zero-order valence-electron chi connectivity index (χ0n) is 19.5. The van der Waals surface area contributed by atoms with E-state index in [0.717, 1.165) is 58.9 Å². The third-order valence-corrected chi connectivity index (χ3v) is 5.37. The Morgan fingerprint density at radius 3 is 2.44 bits per heavy atom. The predicted molar refractivity (Wildman–Crippen MR) is 127 cm³/mol. The van der Waals surface area contributed by atoms with Crippen LogP contribution in [-0.2, 0) is 11.3 Å². The maximum Gasteiger partial charge on any atom is 0.308 e. The number of anilines is 1. The zero-order chi connectivity index (χ0) is 23.1. The smallest absolute Gasteiger partial charge is 0.308 e. The number of carbonyl (C=O) groups excluding carboxylic acids is 1. The molecule has 0 aliphatic heterocycles. The minimum Gasteiger partial charge on any atom is -0.497 e. The molecule has 3 rings (SSSR count). The number of esters is 1. The topological polar surface area (TPSA) is 64.5 Å². The summed E-state index contributed by atoms with van der Waals surface area (Å²) in [4.78, 5) is 22.8. The van der Waals surface area contributed by atoms with E-state index >= 15 is 0 Å². The van der Waals surface area contributed by atoms with Crippen molar-refractivity contribution < 1.29 is 14.3 Å². The van der Waals surface area contributed by atoms with Gasteiger partial charge >= 0.3 is 5.97 Å². The molecule has 0 radical (unpaired) electrons. The molecule has 0 unspecified atom stereocenters. The van der Waals surface area contributed by atoms with Gasteiger partial charge in [0.05, 0.1) is 12.8 Å². The van der Waals surface area contributed by atoms with Crippen molar-refractivity contribution in [2.75, 3.05) is 18.6 Å². The molecule has 0 atom stereocenters. The van der Waals surface area contributed by atoms with Gasteiger partial charge in [-0.1, -0.05) is 25.5 Å². The average Bonchev–Trinajstić information content (AvgIpc) is 2.78. The molecule has 6 nitrogen and oxygen atoms in total. The second-order valence-electron chi connectivity index (χ2n) is 7.87. The van der Waals surface area contributed by atoms with Gasteiger partial charge in [-0.15, -0.1) is 0 Å². The van der Waals surface area contributed by atoms with Crippen molar-refractivity contribution in [2.24, 2.45) is 0 Å². The molecule has 0 aliphatic carbocycles. The van der Waals surface area contributed by atoms with Crippen molar-refractivity contribution >= 4 is 11.8 Å². The lowest BCUT2D eigenvalue weighted by atomic mass is 10.1. The van der Waals surface area contributed by atoms with Gasteiger partial charge in [-0.2, -0.15) is 0 Å². The normalized spacial score (nSPS) is 10.7. The van der Waals surface area contributed by atoms with E-state index in [1.54, 1.807) is 13.4 Å². The summed E-state index contributed by atoms with van der Waals surface area (Å²) in [5.74, 6) is 2.04. The molecule has 1 aromatic heterocycles. The number of aryl methyl sites for hydroxylation is 1. The summed E-state index contributed by atoms with van der Waals surface area (Å²) >= 11 is 0. The Kier molecular flexibility index (Phi) is 7.82. The van der Waals surface area contributed by atoms with Gasteiger partial charge in [0.15, 0.2) is 0 Å². The Morgan fingerprint density at radius 1 is 1.06 bits per heavy atom. The van der Waals surface area contributed by atoms with Crippen molar-refractivity contribution in [3.8, 4) is 22.8 Å². The Balaban J connectivity index is 1.92. The molecule has 0 aliphatic rings. The largest absolute Gasteiger partial charge is 0.497 e. The molecule has 0 saturated heterocycles. The molecule has 168 valence electrons. The predicted octanol–water partition coefficient (Wildman–Crippen LogP) is 5.50. The molecule has 0 bridgehead atoms. The van der Waals surface area contributed by atoms with E-state index < -0.39 is 0 Å². The van der Waals surface area contributed by atoms with Gasteiger partial charge in [0.25, 0.3) is 0 Å². The lowest BCUT2D eigenvalue weighted by Gasteiger charge is -2.26. The highest BCUT2D eigenvalue weighted by molar-refractivity contribution is 5.70. The first-order valence-corrected chi connectivity index (χ1v) is 10.9. The van der Waals surface area contributed by atoms with Crippen LogP contribution in [0.2, 0.25) is 0 Å². The number of rotatable bonds is 9.